The third-order valence-corrected chi connectivity index (χ3v) is 0. The van der Waals surface area contributed by atoms with E-state index in [1.54, 1.807) is 0 Å². The summed E-state index contributed by atoms with van der Waals surface area (Å²) < 4.78 is 0. The van der Waals surface area contributed by atoms with Gasteiger partial charge in [-0.25, -0.2) is 0 Å². The van der Waals surface area contributed by atoms with Crippen LogP contribution in [0, 0.1) is 0 Å². The van der Waals surface area contributed by atoms with Crippen molar-refractivity contribution >= 4 is 110 Å². The molecule has 15 heteroatoms. The summed E-state index contributed by atoms with van der Waals surface area (Å²) in [6, 6.07) is 0. The summed E-state index contributed by atoms with van der Waals surface area (Å²) in [7, 11) is 0. The molecule has 0 fully saturated rings. The molecular weight excluding hydrogens is 407 g/mol. The molecule has 0 bridgehead atoms. The largest absolute Gasteiger partial charge is 3.00 e. The van der Waals surface area contributed by atoms with Gasteiger partial charge in [-0.05, 0) is 0 Å². The van der Waals surface area contributed by atoms with Crippen molar-refractivity contribution in [2.24, 2.45) is 0 Å². The molecule has 0 saturated heterocycles. The molecule has 0 rings (SSSR count). The summed E-state index contributed by atoms with van der Waals surface area (Å²) >= 11 is 0. The van der Waals surface area contributed by atoms with Crippen LogP contribution < -0.4 is 62.0 Å². The van der Waals surface area contributed by atoms with E-state index >= 15 is 0 Å². The van der Waals surface area contributed by atoms with E-state index in [0.29, 0.717) is 0 Å². The molecule has 0 saturated carbocycles. The number of halogens is 5. The second-order valence-corrected chi connectivity index (χ2v) is 0. The molecule has 7 N–H and O–H groups in total. The van der Waals surface area contributed by atoms with Crippen LogP contribution in [0.1, 0.15) is 0 Å². The first kappa shape index (κ1) is 304. The Kier molecular flexibility index (Phi) is 5250. The van der Waals surface area contributed by atoms with Crippen LogP contribution in [0.15, 0.2) is 0 Å². The first-order chi connectivity index (χ1) is 0. The number of rotatable bonds is 0. The first-order valence-electron chi connectivity index (χ1n) is 0. The van der Waals surface area contributed by atoms with E-state index in [1.165, 1.54) is 0 Å². The fourth-order valence-electron chi connectivity index (χ4n) is 0. The normalized spacial score (nSPS) is 0. The van der Waals surface area contributed by atoms with Crippen LogP contribution in [-0.2, 0) is 0 Å². The van der Waals surface area contributed by atoms with E-state index in [1.807, 2.05) is 0 Å². The van der Waals surface area contributed by atoms with Gasteiger partial charge in [-0.3, -0.25) is 0 Å². The molecule has 0 aliphatic heterocycles. The van der Waals surface area contributed by atoms with Crippen molar-refractivity contribution in [3.63, 3.8) is 0 Å². The van der Waals surface area contributed by atoms with E-state index in [2.05, 4.69) is 0 Å². The fraction of sp³-hybridized carbons (Fsp3) is 0. The molecule has 0 amide bonds. The smallest absolute Gasteiger partial charge is 1.00 e. The number of hydrogen-bond acceptors (Lipinski definition) is 5. The summed E-state index contributed by atoms with van der Waals surface area (Å²) in [6.07, 6.45) is 0. The van der Waals surface area contributed by atoms with Gasteiger partial charge in [0, 0.05) is 0 Å². The van der Waals surface area contributed by atoms with Crippen molar-refractivity contribution in [1.29, 1.82) is 0 Å². The van der Waals surface area contributed by atoms with Crippen molar-refractivity contribution in [3.8, 4) is 0 Å². The Labute approximate surface area is 201 Å². The van der Waals surface area contributed by atoms with Gasteiger partial charge in [-0.1, -0.05) is 0 Å². The molecular formula is H7Al2Ca2Cl5O6. The van der Waals surface area contributed by atoms with Crippen LogP contribution in [-0.4, -0.2) is 143 Å². The Morgan fingerprint density at radius 3 is 0.333 bits per heavy atom. The minimum absolute atomic E-state index is 0. The SMILES string of the molecule is O.[Al+3].[Al+3].[Ca+2].[Ca+2].[Cl-].[Cl-].[Cl-].[Cl-].[Cl-].[OH-].[OH-].[OH-].[OH-].[OH-]. The molecule has 0 aromatic carbocycles. The van der Waals surface area contributed by atoms with Gasteiger partial charge in [0.15, 0.2) is 0 Å². The Morgan fingerprint density at radius 1 is 0.333 bits per heavy atom. The molecule has 0 unspecified atom stereocenters. The molecule has 0 spiro atoms. The second-order valence-electron chi connectivity index (χ2n) is 0. The zero-order valence-corrected chi connectivity index (χ0v) is 17.7. The van der Waals surface area contributed by atoms with Crippen molar-refractivity contribution in [1.82, 2.24) is 0 Å². The van der Waals surface area contributed by atoms with Gasteiger partial charge in [0.05, 0.1) is 0 Å². The Hall–Kier alpha value is 4.79. The maximum atomic E-state index is 0. The van der Waals surface area contributed by atoms with Crippen molar-refractivity contribution < 1.29 is 94.9 Å². The third kappa shape index (κ3) is 231. The van der Waals surface area contributed by atoms with Crippen molar-refractivity contribution in [2.75, 3.05) is 0 Å². The minimum Gasteiger partial charge on any atom is -1.00 e. The van der Waals surface area contributed by atoms with Crippen LogP contribution in [0.4, 0.5) is 0 Å². The minimum atomic E-state index is 0. The maximum Gasteiger partial charge on any atom is 3.00 e. The van der Waals surface area contributed by atoms with E-state index in [-0.39, 0.29) is 205 Å². The van der Waals surface area contributed by atoms with Crippen LogP contribution in [0.25, 0.3) is 0 Å². The molecule has 88 valence electrons. The van der Waals surface area contributed by atoms with Crippen molar-refractivity contribution in [3.05, 3.63) is 0 Å². The van der Waals surface area contributed by atoms with Crippen LogP contribution in [0.5, 0.6) is 0 Å². The first-order valence-corrected chi connectivity index (χ1v) is 0. The Balaban J connectivity index is 0. The van der Waals surface area contributed by atoms with E-state index in [0.717, 1.165) is 0 Å². The Morgan fingerprint density at radius 2 is 0.333 bits per heavy atom. The molecule has 15 heavy (non-hydrogen) atoms. The Bertz CT molecular complexity index is 27.5. The van der Waals surface area contributed by atoms with E-state index < -0.39 is 0 Å². The van der Waals surface area contributed by atoms with Gasteiger partial charge in [-0.15, -0.1) is 0 Å². The van der Waals surface area contributed by atoms with Gasteiger partial charge in [-0.2, -0.15) is 0 Å². The second kappa shape index (κ2) is 259. The van der Waals surface area contributed by atoms with Gasteiger partial charge < -0.3 is 94.9 Å². The molecule has 0 aromatic heterocycles. The van der Waals surface area contributed by atoms with Crippen LogP contribution >= 0.6 is 0 Å². The predicted octanol–water partition coefficient (Wildman–Crippen LogP) is -18.2. The van der Waals surface area contributed by atoms with Gasteiger partial charge in [0.1, 0.15) is 0 Å². The zero-order valence-electron chi connectivity index (χ0n) is 7.19. The summed E-state index contributed by atoms with van der Waals surface area (Å²) in [5.74, 6) is 0. The van der Waals surface area contributed by atoms with Crippen LogP contribution in [0.2, 0.25) is 0 Å². The molecule has 0 aliphatic carbocycles. The topological polar surface area (TPSA) is 182 Å². The molecule has 6 nitrogen and oxygen atoms in total. The zero-order chi connectivity index (χ0) is 0. The average Bonchev–Trinajstić information content (AvgIpc) is 0. The van der Waals surface area contributed by atoms with Gasteiger partial charge in [0.25, 0.3) is 0 Å². The molecule has 0 aliphatic rings. The third-order valence-electron chi connectivity index (χ3n) is 0. The fourth-order valence-corrected chi connectivity index (χ4v) is 0. The van der Waals surface area contributed by atoms with Gasteiger partial charge in [0.2, 0.25) is 0 Å². The molecule has 0 heterocycles. The summed E-state index contributed by atoms with van der Waals surface area (Å²) in [5, 5.41) is 0. The van der Waals surface area contributed by atoms with E-state index in [9.17, 15) is 0 Å². The average molecular weight is 414 g/mol. The molecule has 0 radical (unpaired) electrons. The summed E-state index contributed by atoms with van der Waals surface area (Å²) in [5.41, 5.74) is 0. The summed E-state index contributed by atoms with van der Waals surface area (Å²) in [4.78, 5) is 0. The molecule has 0 aromatic rings. The standard InChI is InChI=1S/2Al.2Ca.5ClH.6H2O/h;;;;5*1H;6*1H2/q2*+3;2*+2;;;;;;;;;;;/p-10. The molecule has 0 atom stereocenters. The van der Waals surface area contributed by atoms with E-state index in [4.69, 9.17) is 0 Å². The predicted molar refractivity (Wildman–Crippen MR) is 36.3 cm³/mol. The van der Waals surface area contributed by atoms with Crippen LogP contribution in [0.3, 0.4) is 0 Å². The maximum absolute atomic E-state index is 0. The summed E-state index contributed by atoms with van der Waals surface area (Å²) in [6.45, 7) is 0. The van der Waals surface area contributed by atoms with Gasteiger partial charge >= 0.3 is 110 Å². The van der Waals surface area contributed by atoms with Crippen molar-refractivity contribution in [2.45, 2.75) is 0 Å². The number of hydrogen-bond donors (Lipinski definition) is 0. The quantitative estimate of drug-likeness (QED) is 0.356. The monoisotopic (exact) mass is 412 g/mol.